The van der Waals surface area contributed by atoms with Crippen LogP contribution in [0.2, 0.25) is 0 Å². The van der Waals surface area contributed by atoms with E-state index in [4.69, 9.17) is 4.74 Å². The molecule has 5 fully saturated rings. The predicted octanol–water partition coefficient (Wildman–Crippen LogP) is 4.57. The van der Waals surface area contributed by atoms with Gasteiger partial charge in [0.2, 0.25) is 0 Å². The van der Waals surface area contributed by atoms with Gasteiger partial charge in [-0.3, -0.25) is 9.59 Å². The molecule has 6 aliphatic rings. The number of ether oxygens (including phenoxy) is 1. The average molecular weight is 399 g/mol. The number of hydrogen-bond donors (Lipinski definition) is 0. The summed E-state index contributed by atoms with van der Waals surface area (Å²) in [6, 6.07) is 0. The molecule has 0 radical (unpaired) electrons. The SMILES string of the molecule is CS[C@@H]1CC2=CC(=O)C=C[C@]2(C)C2CC[C@@]3(C)C(C4CC4[C@@]34CCC(=O)O4)C21. The molecule has 3 nitrogen and oxygen atoms in total. The topological polar surface area (TPSA) is 43.4 Å². The van der Waals surface area contributed by atoms with Gasteiger partial charge in [0.25, 0.3) is 0 Å². The first-order valence-corrected chi connectivity index (χ1v) is 12.3. The highest BCUT2D eigenvalue weighted by Crippen LogP contribution is 2.79. The van der Waals surface area contributed by atoms with Crippen molar-refractivity contribution in [3.63, 3.8) is 0 Å². The second-order valence-corrected chi connectivity index (χ2v) is 11.8. The third kappa shape index (κ3) is 1.90. The quantitative estimate of drug-likeness (QED) is 0.607. The largest absolute Gasteiger partial charge is 0.458 e. The fourth-order valence-electron chi connectivity index (χ4n) is 8.73. The van der Waals surface area contributed by atoms with E-state index in [9.17, 15) is 9.59 Å². The molecule has 28 heavy (non-hydrogen) atoms. The lowest BCUT2D eigenvalue weighted by atomic mass is 9.46. The van der Waals surface area contributed by atoms with Crippen LogP contribution in [0.25, 0.3) is 0 Å². The predicted molar refractivity (Wildman–Crippen MR) is 110 cm³/mol. The van der Waals surface area contributed by atoms with Crippen molar-refractivity contribution in [2.24, 2.45) is 40.4 Å². The highest BCUT2D eigenvalue weighted by Gasteiger charge is 2.79. The number of carbonyl (C=O) groups is 2. The Balaban J connectivity index is 1.45. The molecule has 0 bridgehead atoms. The number of ketones is 1. The van der Waals surface area contributed by atoms with Crippen molar-refractivity contribution in [2.75, 3.05) is 6.26 Å². The summed E-state index contributed by atoms with van der Waals surface area (Å²) in [6.45, 7) is 4.84. The van der Waals surface area contributed by atoms with Crippen LogP contribution < -0.4 is 0 Å². The maximum Gasteiger partial charge on any atom is 0.306 e. The number of fused-ring (bicyclic) bond motifs is 9. The molecule has 6 rings (SSSR count). The van der Waals surface area contributed by atoms with Crippen LogP contribution in [0, 0.1) is 40.4 Å². The molecule has 0 N–H and O–H groups in total. The van der Waals surface area contributed by atoms with Crippen LogP contribution in [0.5, 0.6) is 0 Å². The molecule has 5 unspecified atom stereocenters. The van der Waals surface area contributed by atoms with E-state index in [0.29, 0.717) is 35.3 Å². The Hall–Kier alpha value is -1.03. The van der Waals surface area contributed by atoms with Crippen LogP contribution in [0.15, 0.2) is 23.8 Å². The van der Waals surface area contributed by atoms with E-state index in [2.05, 4.69) is 26.2 Å². The van der Waals surface area contributed by atoms with Crippen molar-refractivity contribution in [3.8, 4) is 0 Å². The summed E-state index contributed by atoms with van der Waals surface area (Å²) in [5.74, 6) is 3.44. The first kappa shape index (κ1) is 17.8. The molecule has 0 aromatic carbocycles. The van der Waals surface area contributed by atoms with Crippen molar-refractivity contribution in [3.05, 3.63) is 23.8 Å². The Bertz CT molecular complexity index is 845. The summed E-state index contributed by atoms with van der Waals surface area (Å²) in [7, 11) is 0. The highest BCUT2D eigenvalue weighted by atomic mass is 32.2. The van der Waals surface area contributed by atoms with Crippen LogP contribution in [0.4, 0.5) is 0 Å². The lowest BCUT2D eigenvalue weighted by molar-refractivity contribution is -0.174. The number of carbonyl (C=O) groups excluding carboxylic acids is 2. The van der Waals surface area contributed by atoms with Crippen molar-refractivity contribution < 1.29 is 14.3 Å². The van der Waals surface area contributed by atoms with Crippen molar-refractivity contribution in [2.45, 2.75) is 63.2 Å². The second-order valence-electron chi connectivity index (χ2n) is 10.7. The molecule has 1 saturated heterocycles. The van der Waals surface area contributed by atoms with Gasteiger partial charge in [0.1, 0.15) is 5.60 Å². The monoisotopic (exact) mass is 398 g/mol. The summed E-state index contributed by atoms with van der Waals surface area (Å²) in [6.07, 6.45) is 14.4. The first-order chi connectivity index (χ1) is 13.3. The number of allylic oxidation sites excluding steroid dienone is 4. The van der Waals surface area contributed by atoms with Gasteiger partial charge in [-0.05, 0) is 74.2 Å². The molecule has 4 heteroatoms. The van der Waals surface area contributed by atoms with Crippen LogP contribution in [0.1, 0.15) is 52.4 Å². The average Bonchev–Trinajstić information content (AvgIpc) is 3.30. The van der Waals surface area contributed by atoms with Crippen LogP contribution in [0.3, 0.4) is 0 Å². The molecule has 5 aliphatic carbocycles. The van der Waals surface area contributed by atoms with Crippen LogP contribution >= 0.6 is 11.8 Å². The summed E-state index contributed by atoms with van der Waals surface area (Å²) >= 11 is 2.00. The third-order valence-corrected chi connectivity index (χ3v) is 11.1. The smallest absolute Gasteiger partial charge is 0.306 e. The molecular weight excluding hydrogens is 368 g/mol. The highest BCUT2D eigenvalue weighted by molar-refractivity contribution is 7.99. The molecule has 1 spiro atoms. The van der Waals surface area contributed by atoms with Gasteiger partial charge < -0.3 is 4.74 Å². The van der Waals surface area contributed by atoms with Crippen LogP contribution in [-0.2, 0) is 14.3 Å². The van der Waals surface area contributed by atoms with E-state index in [1.54, 1.807) is 0 Å². The molecule has 0 amide bonds. The zero-order valence-corrected chi connectivity index (χ0v) is 17.9. The Labute approximate surface area is 171 Å². The van der Waals surface area contributed by atoms with Gasteiger partial charge in [-0.25, -0.2) is 0 Å². The second kappa shape index (κ2) is 5.36. The van der Waals surface area contributed by atoms with Gasteiger partial charge in [0.05, 0.1) is 0 Å². The lowest BCUT2D eigenvalue weighted by Crippen LogP contribution is -2.59. The Morgan fingerprint density at radius 2 is 2.00 bits per heavy atom. The fourth-order valence-corrected chi connectivity index (χ4v) is 9.75. The maximum absolute atomic E-state index is 12.2. The third-order valence-electron chi connectivity index (χ3n) is 9.98. The number of hydrogen-bond acceptors (Lipinski definition) is 4. The van der Waals surface area contributed by atoms with Gasteiger partial charge in [-0.2, -0.15) is 11.8 Å². The van der Waals surface area contributed by atoms with E-state index in [1.165, 1.54) is 18.4 Å². The minimum atomic E-state index is -0.178. The number of thioether (sulfide) groups is 1. The number of rotatable bonds is 1. The van der Waals surface area contributed by atoms with Gasteiger partial charge in [-0.15, -0.1) is 0 Å². The molecule has 1 heterocycles. The molecule has 0 aromatic heterocycles. The molecule has 0 aromatic rings. The molecule has 9 atom stereocenters. The van der Waals surface area contributed by atoms with E-state index >= 15 is 0 Å². The molecule has 150 valence electrons. The minimum absolute atomic E-state index is 0.0264. The number of esters is 1. The summed E-state index contributed by atoms with van der Waals surface area (Å²) < 4.78 is 6.21. The van der Waals surface area contributed by atoms with Crippen LogP contribution in [-0.4, -0.2) is 28.9 Å². The van der Waals surface area contributed by atoms with E-state index in [0.717, 1.165) is 25.2 Å². The summed E-state index contributed by atoms with van der Waals surface area (Å²) in [4.78, 5) is 24.3. The molecule has 4 saturated carbocycles. The normalized spacial score (nSPS) is 55.9. The van der Waals surface area contributed by atoms with E-state index < -0.39 is 0 Å². The zero-order chi connectivity index (χ0) is 19.5. The maximum atomic E-state index is 12.2. The van der Waals surface area contributed by atoms with Crippen molar-refractivity contribution in [1.82, 2.24) is 0 Å². The fraction of sp³-hybridized carbons (Fsp3) is 0.750. The van der Waals surface area contributed by atoms with E-state index in [1.807, 2.05) is 23.9 Å². The van der Waals surface area contributed by atoms with Gasteiger partial charge in [0.15, 0.2) is 5.78 Å². The standard InChI is InChI=1S/C24H30O3S/c1-22-7-4-14(25)10-13(22)11-18(28-3)20-16(22)5-8-23(2)21(20)15-12-17(15)24(23)9-6-19(26)27-24/h4,7,10,15-18,20-21H,5-6,8-9,11-12H2,1-3H3/t15?,16?,17?,18-,20?,21?,22+,23+,24+/m1/s1. The Morgan fingerprint density at radius 1 is 1.18 bits per heavy atom. The molecular formula is C24H30O3S. The van der Waals surface area contributed by atoms with Gasteiger partial charge in [-0.1, -0.05) is 25.5 Å². The van der Waals surface area contributed by atoms with Gasteiger partial charge in [0, 0.05) is 28.4 Å². The summed E-state index contributed by atoms with van der Waals surface area (Å²) in [5, 5.41) is 0.571. The van der Waals surface area contributed by atoms with Gasteiger partial charge >= 0.3 is 5.97 Å². The minimum Gasteiger partial charge on any atom is -0.458 e. The lowest BCUT2D eigenvalue weighted by Gasteiger charge is -2.61. The van der Waals surface area contributed by atoms with Crippen molar-refractivity contribution in [1.29, 1.82) is 0 Å². The van der Waals surface area contributed by atoms with E-state index in [-0.39, 0.29) is 28.2 Å². The first-order valence-electron chi connectivity index (χ1n) is 11.0. The Morgan fingerprint density at radius 3 is 2.71 bits per heavy atom. The molecule has 1 aliphatic heterocycles. The summed E-state index contributed by atoms with van der Waals surface area (Å²) in [5.41, 5.74) is 1.34. The van der Waals surface area contributed by atoms with Crippen molar-refractivity contribution >= 4 is 23.5 Å². The Kier molecular flexibility index (Phi) is 3.41. The zero-order valence-electron chi connectivity index (χ0n) is 17.1.